The molecule has 1 aromatic rings. The van der Waals surface area contributed by atoms with E-state index in [-0.39, 0.29) is 11.8 Å². The lowest BCUT2D eigenvalue weighted by Gasteiger charge is -2.37. The third-order valence-corrected chi connectivity index (χ3v) is 4.98. The van der Waals surface area contributed by atoms with Crippen LogP contribution < -0.4 is 9.47 Å². The van der Waals surface area contributed by atoms with Crippen molar-refractivity contribution >= 4 is 5.91 Å². The van der Waals surface area contributed by atoms with Crippen molar-refractivity contribution < 1.29 is 14.3 Å². The molecule has 3 rings (SSSR count). The van der Waals surface area contributed by atoms with Crippen molar-refractivity contribution in [2.45, 2.75) is 19.3 Å². The zero-order valence-corrected chi connectivity index (χ0v) is 15.0. The van der Waals surface area contributed by atoms with Crippen LogP contribution in [0.3, 0.4) is 0 Å². The number of ether oxygens (including phenoxy) is 2. The van der Waals surface area contributed by atoms with Gasteiger partial charge < -0.3 is 19.3 Å². The van der Waals surface area contributed by atoms with Gasteiger partial charge in [0.05, 0.1) is 13.0 Å². The number of carbonyl (C=O) groups is 1. The lowest BCUT2D eigenvalue weighted by Crippen LogP contribution is -2.47. The lowest BCUT2D eigenvalue weighted by molar-refractivity contribution is -0.138. The summed E-state index contributed by atoms with van der Waals surface area (Å²) in [5, 5.41) is 0. The van der Waals surface area contributed by atoms with Crippen molar-refractivity contribution in [3.63, 3.8) is 0 Å². The highest BCUT2D eigenvalue weighted by atomic mass is 16.5. The van der Waals surface area contributed by atoms with Crippen molar-refractivity contribution in [2.24, 2.45) is 11.8 Å². The fourth-order valence-electron chi connectivity index (χ4n) is 3.85. The normalized spacial score (nSPS) is 23.6. The summed E-state index contributed by atoms with van der Waals surface area (Å²) >= 11 is 0. The second-order valence-corrected chi connectivity index (χ2v) is 7.24. The van der Waals surface area contributed by atoms with Gasteiger partial charge in [0.2, 0.25) is 5.91 Å². The van der Waals surface area contributed by atoms with Gasteiger partial charge in [-0.2, -0.15) is 0 Å². The van der Waals surface area contributed by atoms with E-state index in [2.05, 4.69) is 23.9 Å². The molecule has 2 aliphatic heterocycles. The van der Waals surface area contributed by atoms with Crippen LogP contribution in [-0.2, 0) is 11.2 Å². The molecule has 2 aliphatic rings. The van der Waals surface area contributed by atoms with Crippen LogP contribution in [0.25, 0.3) is 0 Å². The second-order valence-electron chi connectivity index (χ2n) is 7.24. The molecule has 0 unspecified atom stereocenters. The Labute approximate surface area is 144 Å². The van der Waals surface area contributed by atoms with Crippen molar-refractivity contribution in [3.05, 3.63) is 23.8 Å². The SMILES string of the molecule is COc1ccc2c(c1)C[C@H](C(=O)N1CCC[C@@H](CN(C)C)C1)CO2. The minimum absolute atomic E-state index is 0.0808. The zero-order valence-electron chi connectivity index (χ0n) is 15.0. The molecule has 1 aromatic carbocycles. The van der Waals surface area contributed by atoms with Crippen LogP contribution in [0.4, 0.5) is 0 Å². The highest BCUT2D eigenvalue weighted by Crippen LogP contribution is 2.32. The number of methoxy groups -OCH3 is 1. The number of likely N-dealkylation sites (tertiary alicyclic amines) is 1. The van der Waals surface area contributed by atoms with E-state index in [0.29, 0.717) is 12.5 Å². The monoisotopic (exact) mass is 332 g/mol. The van der Waals surface area contributed by atoms with Gasteiger partial charge in [-0.15, -0.1) is 0 Å². The molecule has 2 atom stereocenters. The molecule has 1 amide bonds. The summed E-state index contributed by atoms with van der Waals surface area (Å²) in [6.45, 7) is 3.28. The minimum atomic E-state index is -0.0808. The first-order valence-corrected chi connectivity index (χ1v) is 8.80. The fraction of sp³-hybridized carbons (Fsp3) is 0.632. The van der Waals surface area contributed by atoms with Gasteiger partial charge in [0.1, 0.15) is 18.1 Å². The second kappa shape index (κ2) is 7.43. The predicted octanol–water partition coefficient (Wildman–Crippen LogP) is 2.05. The van der Waals surface area contributed by atoms with E-state index in [9.17, 15) is 4.79 Å². The Morgan fingerprint density at radius 1 is 1.42 bits per heavy atom. The molecule has 0 saturated carbocycles. The van der Waals surface area contributed by atoms with Crippen LogP contribution >= 0.6 is 0 Å². The number of hydrogen-bond acceptors (Lipinski definition) is 4. The van der Waals surface area contributed by atoms with Crippen LogP contribution in [0.5, 0.6) is 11.5 Å². The molecule has 1 fully saturated rings. The maximum atomic E-state index is 12.9. The standard InChI is InChI=1S/C19H28N2O3/c1-20(2)11-14-5-4-8-21(12-14)19(22)16-9-15-10-17(23-3)6-7-18(15)24-13-16/h6-7,10,14,16H,4-5,8-9,11-13H2,1-3H3/t14-,16-/m0/s1. The average Bonchev–Trinajstić information content (AvgIpc) is 2.59. The molecule has 1 saturated heterocycles. The van der Waals surface area contributed by atoms with Gasteiger partial charge in [-0.05, 0) is 63.0 Å². The number of hydrogen-bond donors (Lipinski definition) is 0. The molecule has 0 spiro atoms. The summed E-state index contributed by atoms with van der Waals surface area (Å²) in [7, 11) is 5.85. The predicted molar refractivity (Wildman–Crippen MR) is 93.5 cm³/mol. The minimum Gasteiger partial charge on any atom is -0.497 e. The molecule has 5 heteroatoms. The molecule has 5 nitrogen and oxygen atoms in total. The average molecular weight is 332 g/mol. The fourth-order valence-corrected chi connectivity index (χ4v) is 3.85. The van der Waals surface area contributed by atoms with Crippen LogP contribution in [0.15, 0.2) is 18.2 Å². The highest BCUT2D eigenvalue weighted by molar-refractivity contribution is 5.80. The van der Waals surface area contributed by atoms with Crippen molar-refractivity contribution in [2.75, 3.05) is 47.4 Å². The first-order valence-electron chi connectivity index (χ1n) is 8.80. The topological polar surface area (TPSA) is 42.0 Å². The third-order valence-electron chi connectivity index (χ3n) is 4.98. The Balaban J connectivity index is 1.65. The van der Waals surface area contributed by atoms with E-state index in [0.717, 1.165) is 49.5 Å². The largest absolute Gasteiger partial charge is 0.497 e. The first kappa shape index (κ1) is 17.1. The van der Waals surface area contributed by atoms with Crippen LogP contribution in [0, 0.1) is 11.8 Å². The maximum absolute atomic E-state index is 12.9. The van der Waals surface area contributed by atoms with Gasteiger partial charge in [0.15, 0.2) is 0 Å². The summed E-state index contributed by atoms with van der Waals surface area (Å²) in [6.07, 6.45) is 3.05. The number of fused-ring (bicyclic) bond motifs is 1. The Bertz CT molecular complexity index is 588. The molecular weight excluding hydrogens is 304 g/mol. The van der Waals surface area contributed by atoms with Gasteiger partial charge in [-0.25, -0.2) is 0 Å². The number of piperidine rings is 1. The van der Waals surface area contributed by atoms with E-state index in [1.54, 1.807) is 7.11 Å². The van der Waals surface area contributed by atoms with Gasteiger partial charge in [0, 0.05) is 19.6 Å². The Kier molecular flexibility index (Phi) is 5.29. The Morgan fingerprint density at radius 2 is 2.25 bits per heavy atom. The Hall–Kier alpha value is -1.75. The van der Waals surface area contributed by atoms with Crippen LogP contribution in [0.2, 0.25) is 0 Å². The van der Waals surface area contributed by atoms with Gasteiger partial charge in [-0.3, -0.25) is 4.79 Å². The summed E-state index contributed by atoms with van der Waals surface area (Å²) in [6, 6.07) is 5.82. The number of benzene rings is 1. The van der Waals surface area contributed by atoms with E-state index in [1.165, 1.54) is 6.42 Å². The van der Waals surface area contributed by atoms with Crippen molar-refractivity contribution in [1.82, 2.24) is 9.80 Å². The molecule has 0 aliphatic carbocycles. The molecule has 0 bridgehead atoms. The van der Waals surface area contributed by atoms with Crippen LogP contribution in [0.1, 0.15) is 18.4 Å². The van der Waals surface area contributed by atoms with Crippen LogP contribution in [-0.4, -0.2) is 63.2 Å². The third kappa shape index (κ3) is 3.83. The van der Waals surface area contributed by atoms with E-state index < -0.39 is 0 Å². The number of nitrogens with zero attached hydrogens (tertiary/aromatic N) is 2. The molecule has 0 aromatic heterocycles. The molecule has 0 N–H and O–H groups in total. The van der Waals surface area contributed by atoms with E-state index in [1.807, 2.05) is 18.2 Å². The molecule has 132 valence electrons. The highest BCUT2D eigenvalue weighted by Gasteiger charge is 2.32. The quantitative estimate of drug-likeness (QED) is 0.846. The van der Waals surface area contributed by atoms with Crippen molar-refractivity contribution in [1.29, 1.82) is 0 Å². The molecule has 2 heterocycles. The molecular formula is C19H28N2O3. The number of amides is 1. The summed E-state index contributed by atoms with van der Waals surface area (Å²) in [4.78, 5) is 17.2. The van der Waals surface area contributed by atoms with E-state index in [4.69, 9.17) is 9.47 Å². The van der Waals surface area contributed by atoms with Gasteiger partial charge >= 0.3 is 0 Å². The Morgan fingerprint density at radius 3 is 3.00 bits per heavy atom. The first-order chi connectivity index (χ1) is 11.6. The summed E-state index contributed by atoms with van der Waals surface area (Å²) < 4.78 is 11.1. The van der Waals surface area contributed by atoms with Crippen molar-refractivity contribution in [3.8, 4) is 11.5 Å². The smallest absolute Gasteiger partial charge is 0.229 e. The number of rotatable bonds is 4. The molecule has 24 heavy (non-hydrogen) atoms. The van der Waals surface area contributed by atoms with Gasteiger partial charge in [-0.1, -0.05) is 0 Å². The van der Waals surface area contributed by atoms with Gasteiger partial charge in [0.25, 0.3) is 0 Å². The summed E-state index contributed by atoms with van der Waals surface area (Å²) in [5.74, 6) is 2.43. The lowest BCUT2D eigenvalue weighted by atomic mass is 9.92. The maximum Gasteiger partial charge on any atom is 0.229 e. The number of carbonyl (C=O) groups excluding carboxylic acids is 1. The molecule has 0 radical (unpaired) electrons. The summed E-state index contributed by atoms with van der Waals surface area (Å²) in [5.41, 5.74) is 1.07. The van der Waals surface area contributed by atoms with E-state index >= 15 is 0 Å². The zero-order chi connectivity index (χ0) is 17.1.